The Balaban J connectivity index is 2.09. The highest BCUT2D eigenvalue weighted by Crippen LogP contribution is 2.22. The number of nitrogens with one attached hydrogen (secondary N) is 2. The molecule has 20 heavy (non-hydrogen) atoms. The summed E-state index contributed by atoms with van der Waals surface area (Å²) in [6, 6.07) is -0.435. The fourth-order valence-electron chi connectivity index (χ4n) is 1.82. The molecule has 0 spiro atoms. The van der Waals surface area contributed by atoms with Gasteiger partial charge in [0, 0.05) is 24.2 Å². The highest BCUT2D eigenvalue weighted by molar-refractivity contribution is 7.13. The van der Waals surface area contributed by atoms with E-state index < -0.39 is 6.04 Å². The molecule has 0 aromatic carbocycles. The molecule has 1 amide bonds. The zero-order chi connectivity index (χ0) is 14.7. The van der Waals surface area contributed by atoms with Gasteiger partial charge in [-0.3, -0.25) is 9.48 Å². The Morgan fingerprint density at radius 3 is 2.70 bits per heavy atom. The third-order valence-electron chi connectivity index (χ3n) is 2.95. The van der Waals surface area contributed by atoms with Crippen molar-refractivity contribution < 1.29 is 4.79 Å². The third kappa shape index (κ3) is 3.23. The van der Waals surface area contributed by atoms with Gasteiger partial charge in [-0.25, -0.2) is 4.98 Å². The summed E-state index contributed by atoms with van der Waals surface area (Å²) in [7, 11) is 3.57. The van der Waals surface area contributed by atoms with Gasteiger partial charge in [-0.1, -0.05) is 13.8 Å². The quantitative estimate of drug-likeness (QED) is 0.883. The van der Waals surface area contributed by atoms with E-state index in [1.807, 2.05) is 18.6 Å². The summed E-state index contributed by atoms with van der Waals surface area (Å²) in [5.74, 6) is 0.223. The molecule has 0 radical (unpaired) electrons. The number of nitrogens with zero attached hydrogens (tertiary/aromatic N) is 3. The number of carbonyl (C=O) groups is 1. The topological polar surface area (TPSA) is 71.8 Å². The van der Waals surface area contributed by atoms with E-state index in [9.17, 15) is 4.79 Å². The Bertz CT molecular complexity index is 589. The van der Waals surface area contributed by atoms with Crippen LogP contribution in [0.5, 0.6) is 0 Å². The van der Waals surface area contributed by atoms with Gasteiger partial charge in [-0.15, -0.1) is 11.3 Å². The first-order chi connectivity index (χ1) is 9.51. The van der Waals surface area contributed by atoms with Gasteiger partial charge in [-0.2, -0.15) is 5.10 Å². The minimum atomic E-state index is -0.435. The predicted molar refractivity (Wildman–Crippen MR) is 79.8 cm³/mol. The lowest BCUT2D eigenvalue weighted by atomic mass is 10.1. The van der Waals surface area contributed by atoms with Gasteiger partial charge in [0.2, 0.25) is 5.91 Å². The molecule has 1 atom stereocenters. The summed E-state index contributed by atoms with van der Waals surface area (Å²) in [6.45, 7) is 4.15. The molecule has 0 saturated heterocycles. The van der Waals surface area contributed by atoms with Crippen molar-refractivity contribution in [3.63, 3.8) is 0 Å². The van der Waals surface area contributed by atoms with E-state index in [4.69, 9.17) is 0 Å². The second-order valence-corrected chi connectivity index (χ2v) is 5.75. The number of aromatic nitrogens is 3. The molecule has 6 nitrogen and oxygen atoms in total. The lowest BCUT2D eigenvalue weighted by molar-refractivity contribution is -0.118. The second kappa shape index (κ2) is 6.15. The van der Waals surface area contributed by atoms with Gasteiger partial charge in [0.25, 0.3) is 0 Å². The fraction of sp³-hybridized carbons (Fsp3) is 0.462. The van der Waals surface area contributed by atoms with Crippen LogP contribution in [0.25, 0.3) is 0 Å². The van der Waals surface area contributed by atoms with Crippen molar-refractivity contribution in [2.45, 2.75) is 25.8 Å². The molecular weight excluding hydrogens is 274 g/mol. The number of amides is 1. The van der Waals surface area contributed by atoms with Crippen molar-refractivity contribution >= 4 is 22.4 Å². The maximum Gasteiger partial charge on any atom is 0.247 e. The van der Waals surface area contributed by atoms with E-state index in [1.165, 1.54) is 11.3 Å². The van der Waals surface area contributed by atoms with Gasteiger partial charge in [0.05, 0.1) is 11.9 Å². The van der Waals surface area contributed by atoms with Crippen LogP contribution in [0.4, 0.5) is 5.13 Å². The van der Waals surface area contributed by atoms with Gasteiger partial charge in [0.15, 0.2) is 5.13 Å². The van der Waals surface area contributed by atoms with Crippen LogP contribution in [-0.4, -0.2) is 27.7 Å². The molecule has 108 valence electrons. The maximum absolute atomic E-state index is 12.3. The van der Waals surface area contributed by atoms with Crippen LogP contribution in [0, 0.1) is 0 Å². The zero-order valence-electron chi connectivity index (χ0n) is 12.0. The van der Waals surface area contributed by atoms with E-state index in [1.54, 1.807) is 17.9 Å². The fourth-order valence-corrected chi connectivity index (χ4v) is 2.70. The van der Waals surface area contributed by atoms with Crippen molar-refractivity contribution in [2.75, 3.05) is 12.4 Å². The number of carbonyl (C=O) groups excluding carboxylic acids is 1. The van der Waals surface area contributed by atoms with E-state index in [-0.39, 0.29) is 5.91 Å². The lowest BCUT2D eigenvalue weighted by Gasteiger charge is -2.13. The zero-order valence-corrected chi connectivity index (χ0v) is 12.9. The van der Waals surface area contributed by atoms with Crippen LogP contribution in [0.2, 0.25) is 0 Å². The first-order valence-electron chi connectivity index (χ1n) is 6.43. The molecule has 0 aliphatic rings. The number of thiazole rings is 1. The van der Waals surface area contributed by atoms with Gasteiger partial charge in [-0.05, 0) is 13.0 Å². The van der Waals surface area contributed by atoms with Crippen LogP contribution in [-0.2, 0) is 11.8 Å². The van der Waals surface area contributed by atoms with Crippen molar-refractivity contribution in [3.05, 3.63) is 29.0 Å². The van der Waals surface area contributed by atoms with Crippen molar-refractivity contribution in [2.24, 2.45) is 7.05 Å². The molecular formula is C13H19N5OS. The molecule has 0 aliphatic carbocycles. The van der Waals surface area contributed by atoms with Crippen LogP contribution in [0.3, 0.4) is 0 Å². The van der Waals surface area contributed by atoms with Crippen molar-refractivity contribution in [1.82, 2.24) is 20.1 Å². The van der Waals surface area contributed by atoms with E-state index in [2.05, 4.69) is 34.6 Å². The molecule has 1 unspecified atom stereocenters. The minimum absolute atomic E-state index is 0.134. The molecule has 7 heteroatoms. The standard InChI is InChI=1S/C13H19N5OS/c1-8(2)10-7-20-13(16-10)17-12(19)11(14-3)9-5-15-18(4)6-9/h5-8,11,14H,1-4H3,(H,16,17,19). The molecule has 2 aromatic rings. The summed E-state index contributed by atoms with van der Waals surface area (Å²) >= 11 is 1.44. The molecule has 0 bridgehead atoms. The highest BCUT2D eigenvalue weighted by atomic mass is 32.1. The largest absolute Gasteiger partial charge is 0.305 e. The number of hydrogen-bond donors (Lipinski definition) is 2. The molecule has 0 fully saturated rings. The Hall–Kier alpha value is -1.73. The second-order valence-electron chi connectivity index (χ2n) is 4.89. The Morgan fingerprint density at radius 2 is 2.20 bits per heavy atom. The third-order valence-corrected chi connectivity index (χ3v) is 3.73. The molecule has 0 aliphatic heterocycles. The maximum atomic E-state index is 12.3. The van der Waals surface area contributed by atoms with Crippen LogP contribution < -0.4 is 10.6 Å². The molecule has 2 rings (SSSR count). The smallest absolute Gasteiger partial charge is 0.247 e. The first kappa shape index (κ1) is 14.7. The van der Waals surface area contributed by atoms with Crippen LogP contribution in [0.1, 0.15) is 37.1 Å². The molecule has 2 N–H and O–H groups in total. The summed E-state index contributed by atoms with van der Waals surface area (Å²) in [4.78, 5) is 16.7. The summed E-state index contributed by atoms with van der Waals surface area (Å²) in [5.41, 5.74) is 1.82. The Morgan fingerprint density at radius 1 is 1.45 bits per heavy atom. The van der Waals surface area contributed by atoms with Crippen molar-refractivity contribution in [3.8, 4) is 0 Å². The highest BCUT2D eigenvalue weighted by Gasteiger charge is 2.21. The molecule has 2 aromatic heterocycles. The molecule has 2 heterocycles. The van der Waals surface area contributed by atoms with Crippen LogP contribution >= 0.6 is 11.3 Å². The molecule has 0 saturated carbocycles. The monoisotopic (exact) mass is 293 g/mol. The van der Waals surface area contributed by atoms with E-state index >= 15 is 0 Å². The minimum Gasteiger partial charge on any atom is -0.305 e. The summed E-state index contributed by atoms with van der Waals surface area (Å²) in [5, 5.41) is 12.5. The number of rotatable bonds is 5. The van der Waals surface area contributed by atoms with Gasteiger partial charge >= 0.3 is 0 Å². The van der Waals surface area contributed by atoms with Gasteiger partial charge in [0.1, 0.15) is 6.04 Å². The average molecular weight is 293 g/mol. The Labute approximate surface area is 122 Å². The van der Waals surface area contributed by atoms with Crippen molar-refractivity contribution in [1.29, 1.82) is 0 Å². The van der Waals surface area contributed by atoms with E-state index in [0.717, 1.165) is 11.3 Å². The number of aryl methyl sites for hydroxylation is 1. The number of anilines is 1. The number of hydrogen-bond acceptors (Lipinski definition) is 5. The normalized spacial score (nSPS) is 12.7. The van der Waals surface area contributed by atoms with Gasteiger partial charge < -0.3 is 10.6 Å². The van der Waals surface area contributed by atoms with Crippen LogP contribution in [0.15, 0.2) is 17.8 Å². The first-order valence-corrected chi connectivity index (χ1v) is 7.31. The Kier molecular flexibility index (Phi) is 4.51. The van der Waals surface area contributed by atoms with E-state index in [0.29, 0.717) is 11.0 Å². The SMILES string of the molecule is CNC(C(=O)Nc1nc(C(C)C)cs1)c1cnn(C)c1. The average Bonchev–Trinajstić information content (AvgIpc) is 3.00. The summed E-state index contributed by atoms with van der Waals surface area (Å²) < 4.78 is 1.67. The summed E-state index contributed by atoms with van der Waals surface area (Å²) in [6.07, 6.45) is 3.50. The number of likely N-dealkylation sites (N-methyl/N-ethyl adjacent to an activating group) is 1. The lowest BCUT2D eigenvalue weighted by Crippen LogP contribution is -2.30. The predicted octanol–water partition coefficient (Wildman–Crippen LogP) is 1.90.